The van der Waals surface area contributed by atoms with E-state index in [1.165, 1.54) is 0 Å². The number of methoxy groups -OCH3 is 1. The van der Waals surface area contributed by atoms with Gasteiger partial charge in [-0.15, -0.1) is 0 Å². The second-order valence-corrected chi connectivity index (χ2v) is 5.57. The molecule has 0 saturated carbocycles. The van der Waals surface area contributed by atoms with Gasteiger partial charge in [-0.2, -0.15) is 0 Å². The molecule has 1 aliphatic heterocycles. The summed E-state index contributed by atoms with van der Waals surface area (Å²) < 4.78 is 6.82. The van der Waals surface area contributed by atoms with E-state index in [4.69, 9.17) is 4.74 Å². The van der Waals surface area contributed by atoms with Gasteiger partial charge in [-0.05, 0) is 41.5 Å². The van der Waals surface area contributed by atoms with E-state index in [2.05, 4.69) is 25.7 Å². The maximum atomic E-state index is 12.3. The Morgan fingerprint density at radius 2 is 2.13 bits per heavy atom. The highest BCUT2D eigenvalue weighted by molar-refractivity contribution is 5.94. The van der Waals surface area contributed by atoms with E-state index in [-0.39, 0.29) is 11.9 Å². The molecule has 2 heterocycles. The molecule has 122 valence electrons. The molecule has 0 aliphatic carbocycles. The lowest BCUT2D eigenvalue weighted by Gasteiger charge is -2.32. The highest BCUT2D eigenvalue weighted by Crippen LogP contribution is 2.17. The molecular weight excluding hydrogens is 296 g/mol. The average Bonchev–Trinajstić information content (AvgIpc) is 3.01. The first kappa shape index (κ1) is 15.3. The van der Waals surface area contributed by atoms with Gasteiger partial charge in [0.2, 0.25) is 5.95 Å². The van der Waals surface area contributed by atoms with Crippen molar-refractivity contribution < 1.29 is 9.53 Å². The van der Waals surface area contributed by atoms with Gasteiger partial charge in [0.05, 0.1) is 7.11 Å². The average molecular weight is 316 g/mol. The van der Waals surface area contributed by atoms with E-state index in [1.807, 2.05) is 19.2 Å². The topological polar surface area (TPSA) is 85.2 Å². The Morgan fingerprint density at radius 1 is 1.35 bits per heavy atom. The lowest BCUT2D eigenvalue weighted by atomic mass is 10.0. The molecule has 1 aromatic heterocycles. The number of nitrogens with zero attached hydrogens (tertiary/aromatic N) is 5. The zero-order chi connectivity index (χ0) is 16.2. The van der Waals surface area contributed by atoms with Crippen LogP contribution in [0.4, 0.5) is 5.95 Å². The third kappa shape index (κ3) is 3.41. The highest BCUT2D eigenvalue weighted by Gasteiger charge is 2.23. The number of anilines is 1. The predicted molar refractivity (Wildman–Crippen MR) is 84.5 cm³/mol. The monoisotopic (exact) mass is 316 g/mol. The minimum atomic E-state index is -0.0670. The number of aryl methyl sites for hydroxylation is 1. The first-order chi connectivity index (χ1) is 11.2. The van der Waals surface area contributed by atoms with E-state index in [0.29, 0.717) is 11.3 Å². The van der Waals surface area contributed by atoms with E-state index in [1.54, 1.807) is 23.9 Å². The van der Waals surface area contributed by atoms with Gasteiger partial charge in [-0.1, -0.05) is 11.2 Å². The molecule has 1 fully saturated rings. The van der Waals surface area contributed by atoms with Crippen molar-refractivity contribution in [2.75, 3.05) is 25.1 Å². The van der Waals surface area contributed by atoms with Gasteiger partial charge in [0.25, 0.3) is 5.91 Å². The minimum Gasteiger partial charge on any atom is -0.497 e. The maximum Gasteiger partial charge on any atom is 0.251 e. The van der Waals surface area contributed by atoms with Crippen molar-refractivity contribution in [3.8, 4) is 5.75 Å². The van der Waals surface area contributed by atoms with Crippen molar-refractivity contribution in [3.05, 3.63) is 29.8 Å². The second-order valence-electron chi connectivity index (χ2n) is 5.57. The van der Waals surface area contributed by atoms with Crippen LogP contribution < -0.4 is 15.0 Å². The van der Waals surface area contributed by atoms with Crippen LogP contribution in [0.2, 0.25) is 0 Å². The largest absolute Gasteiger partial charge is 0.497 e. The standard InChI is InChI=1S/C15H20N6O2/c1-20-15(17-18-19-20)21-8-6-12(7-9-21)16-14(22)11-4-3-5-13(10-11)23-2/h3-5,10,12H,6-9H2,1-2H3,(H,16,22). The Labute approximate surface area is 134 Å². The molecule has 1 amide bonds. The molecule has 1 aliphatic rings. The van der Waals surface area contributed by atoms with Gasteiger partial charge in [0, 0.05) is 31.7 Å². The molecule has 8 nitrogen and oxygen atoms in total. The summed E-state index contributed by atoms with van der Waals surface area (Å²) in [6, 6.07) is 7.33. The van der Waals surface area contributed by atoms with Crippen molar-refractivity contribution in [2.45, 2.75) is 18.9 Å². The first-order valence-corrected chi connectivity index (χ1v) is 7.59. The fourth-order valence-electron chi connectivity index (χ4n) is 2.75. The summed E-state index contributed by atoms with van der Waals surface area (Å²) in [5, 5.41) is 14.6. The van der Waals surface area contributed by atoms with Crippen LogP contribution in [0.1, 0.15) is 23.2 Å². The molecule has 0 atom stereocenters. The number of ether oxygens (including phenoxy) is 1. The predicted octanol–water partition coefficient (Wildman–Crippen LogP) is 0.617. The fourth-order valence-corrected chi connectivity index (χ4v) is 2.75. The summed E-state index contributed by atoms with van der Waals surface area (Å²) in [6.07, 6.45) is 1.73. The molecule has 3 rings (SSSR count). The third-order valence-corrected chi connectivity index (χ3v) is 4.04. The molecule has 2 aromatic rings. The quantitative estimate of drug-likeness (QED) is 0.890. The van der Waals surface area contributed by atoms with Crippen LogP contribution in [0.25, 0.3) is 0 Å². The van der Waals surface area contributed by atoms with E-state index < -0.39 is 0 Å². The highest BCUT2D eigenvalue weighted by atomic mass is 16.5. The minimum absolute atomic E-state index is 0.0670. The van der Waals surface area contributed by atoms with Crippen molar-refractivity contribution in [2.24, 2.45) is 7.05 Å². The summed E-state index contributed by atoms with van der Waals surface area (Å²) in [5.74, 6) is 1.38. The van der Waals surface area contributed by atoms with Crippen LogP contribution in [-0.2, 0) is 7.05 Å². The Morgan fingerprint density at radius 3 is 2.78 bits per heavy atom. The van der Waals surface area contributed by atoms with Crippen LogP contribution in [0.3, 0.4) is 0 Å². The molecule has 1 N–H and O–H groups in total. The molecular formula is C15H20N6O2. The van der Waals surface area contributed by atoms with Crippen molar-refractivity contribution in [1.29, 1.82) is 0 Å². The van der Waals surface area contributed by atoms with Gasteiger partial charge in [-0.3, -0.25) is 4.79 Å². The molecule has 23 heavy (non-hydrogen) atoms. The summed E-state index contributed by atoms with van der Waals surface area (Å²) in [7, 11) is 3.42. The number of piperidine rings is 1. The van der Waals surface area contributed by atoms with Crippen LogP contribution in [0.15, 0.2) is 24.3 Å². The van der Waals surface area contributed by atoms with Gasteiger partial charge in [0.15, 0.2) is 0 Å². The van der Waals surface area contributed by atoms with Gasteiger partial charge >= 0.3 is 0 Å². The molecule has 1 saturated heterocycles. The number of hydrogen-bond acceptors (Lipinski definition) is 6. The van der Waals surface area contributed by atoms with Crippen LogP contribution >= 0.6 is 0 Å². The van der Waals surface area contributed by atoms with Crippen LogP contribution in [0, 0.1) is 0 Å². The van der Waals surface area contributed by atoms with E-state index in [0.717, 1.165) is 31.9 Å². The third-order valence-electron chi connectivity index (χ3n) is 4.04. The number of amides is 1. The zero-order valence-electron chi connectivity index (χ0n) is 13.3. The van der Waals surface area contributed by atoms with Crippen molar-refractivity contribution >= 4 is 11.9 Å². The summed E-state index contributed by atoms with van der Waals surface area (Å²) in [6.45, 7) is 1.63. The summed E-state index contributed by atoms with van der Waals surface area (Å²) >= 11 is 0. The number of hydrogen-bond donors (Lipinski definition) is 1. The van der Waals surface area contributed by atoms with Gasteiger partial charge in [-0.25, -0.2) is 4.68 Å². The molecule has 0 unspecified atom stereocenters. The normalized spacial score (nSPS) is 15.5. The van der Waals surface area contributed by atoms with E-state index >= 15 is 0 Å². The molecule has 1 aromatic carbocycles. The van der Waals surface area contributed by atoms with Gasteiger partial charge in [0.1, 0.15) is 5.75 Å². The van der Waals surface area contributed by atoms with Crippen LogP contribution in [0.5, 0.6) is 5.75 Å². The zero-order valence-corrected chi connectivity index (χ0v) is 13.3. The SMILES string of the molecule is COc1cccc(C(=O)NC2CCN(c3nnnn3C)CC2)c1. The van der Waals surface area contributed by atoms with E-state index in [9.17, 15) is 4.79 Å². The van der Waals surface area contributed by atoms with Crippen molar-refractivity contribution in [3.63, 3.8) is 0 Å². The summed E-state index contributed by atoms with van der Waals surface area (Å²) in [5.41, 5.74) is 0.615. The fraction of sp³-hybridized carbons (Fsp3) is 0.467. The Hall–Kier alpha value is -2.64. The lowest BCUT2D eigenvalue weighted by molar-refractivity contribution is 0.0930. The van der Waals surface area contributed by atoms with Gasteiger partial charge < -0.3 is 15.0 Å². The first-order valence-electron chi connectivity index (χ1n) is 7.59. The molecule has 0 spiro atoms. The van der Waals surface area contributed by atoms with Crippen molar-refractivity contribution in [1.82, 2.24) is 25.5 Å². The van der Waals surface area contributed by atoms with Crippen LogP contribution in [-0.4, -0.2) is 52.4 Å². The molecule has 0 radical (unpaired) electrons. The lowest BCUT2D eigenvalue weighted by Crippen LogP contribution is -2.45. The Balaban J connectivity index is 1.56. The summed E-state index contributed by atoms with van der Waals surface area (Å²) in [4.78, 5) is 14.5. The molecule has 8 heteroatoms. The smallest absolute Gasteiger partial charge is 0.251 e. The Kier molecular flexibility index (Phi) is 4.40. The maximum absolute atomic E-state index is 12.3. The Bertz CT molecular complexity index is 678. The second kappa shape index (κ2) is 6.64. The number of tetrazole rings is 1. The number of carbonyl (C=O) groups excluding carboxylic acids is 1. The number of rotatable bonds is 4. The number of nitrogens with one attached hydrogen (secondary N) is 1. The number of carbonyl (C=O) groups is 1. The number of aromatic nitrogens is 4. The number of benzene rings is 1. The molecule has 0 bridgehead atoms.